The predicted octanol–water partition coefficient (Wildman–Crippen LogP) is 4.68. The molecule has 1 N–H and O–H groups in total. The van der Waals surface area contributed by atoms with Gasteiger partial charge in [0.25, 0.3) is 5.91 Å². The van der Waals surface area contributed by atoms with Crippen LogP contribution in [0.5, 0.6) is 0 Å². The molecule has 186 valence electrons. The van der Waals surface area contributed by atoms with E-state index in [-0.39, 0.29) is 18.1 Å². The van der Waals surface area contributed by atoms with Crippen LogP contribution in [0.25, 0.3) is 6.08 Å². The Hall–Kier alpha value is -4.03. The SMILES string of the molecule is O=C1CC=C(NC(=O)c2cnn(Cc3ccccc3)c2)C=C1C1=Cc2cc(CN3CCCC3)ccc2C1. The Morgan fingerprint density at radius 1 is 0.973 bits per heavy atom. The summed E-state index contributed by atoms with van der Waals surface area (Å²) in [6.07, 6.45) is 12.7. The summed E-state index contributed by atoms with van der Waals surface area (Å²) in [6, 6.07) is 16.7. The maximum absolute atomic E-state index is 12.9. The van der Waals surface area contributed by atoms with Crippen molar-refractivity contribution in [3.8, 4) is 0 Å². The molecule has 0 spiro atoms. The smallest absolute Gasteiger partial charge is 0.258 e. The normalized spacial score (nSPS) is 17.3. The highest BCUT2D eigenvalue weighted by molar-refractivity contribution is 6.04. The number of hydrogen-bond acceptors (Lipinski definition) is 4. The van der Waals surface area contributed by atoms with Crippen molar-refractivity contribution in [3.05, 3.63) is 118 Å². The highest BCUT2D eigenvalue weighted by Gasteiger charge is 2.24. The molecule has 6 heteroatoms. The summed E-state index contributed by atoms with van der Waals surface area (Å²) in [5, 5.41) is 7.30. The van der Waals surface area contributed by atoms with Gasteiger partial charge in [-0.2, -0.15) is 5.10 Å². The number of amides is 1. The summed E-state index contributed by atoms with van der Waals surface area (Å²) in [6.45, 7) is 3.94. The second-order valence-electron chi connectivity index (χ2n) is 10.1. The van der Waals surface area contributed by atoms with Crippen LogP contribution in [0.1, 0.15) is 51.9 Å². The van der Waals surface area contributed by atoms with E-state index in [9.17, 15) is 9.59 Å². The van der Waals surface area contributed by atoms with Crippen molar-refractivity contribution in [1.29, 1.82) is 0 Å². The van der Waals surface area contributed by atoms with Crippen LogP contribution in [-0.2, 0) is 24.3 Å². The lowest BCUT2D eigenvalue weighted by atomic mass is 9.93. The summed E-state index contributed by atoms with van der Waals surface area (Å²) in [4.78, 5) is 28.2. The van der Waals surface area contributed by atoms with Crippen molar-refractivity contribution in [1.82, 2.24) is 20.0 Å². The minimum Gasteiger partial charge on any atom is -0.322 e. The van der Waals surface area contributed by atoms with Crippen molar-refractivity contribution >= 4 is 17.8 Å². The average molecular weight is 491 g/mol. The number of Topliss-reactive ketones (excluding diaryl/α,β-unsaturated/α-hetero) is 1. The first-order chi connectivity index (χ1) is 18.1. The molecule has 0 saturated carbocycles. The monoisotopic (exact) mass is 490 g/mol. The highest BCUT2D eigenvalue weighted by atomic mass is 16.1. The number of rotatable bonds is 7. The zero-order valence-corrected chi connectivity index (χ0v) is 20.8. The highest BCUT2D eigenvalue weighted by Crippen LogP contribution is 2.33. The second kappa shape index (κ2) is 10.1. The van der Waals surface area contributed by atoms with Crippen LogP contribution in [0.4, 0.5) is 0 Å². The Morgan fingerprint density at radius 2 is 1.81 bits per heavy atom. The number of nitrogens with zero attached hydrogens (tertiary/aromatic N) is 3. The van der Waals surface area contributed by atoms with Gasteiger partial charge in [-0.3, -0.25) is 19.2 Å². The molecule has 0 unspecified atom stereocenters. The molecule has 2 aromatic carbocycles. The number of carbonyl (C=O) groups excluding carboxylic acids is 2. The number of allylic oxidation sites excluding steroid dienone is 4. The topological polar surface area (TPSA) is 67.2 Å². The van der Waals surface area contributed by atoms with Gasteiger partial charge >= 0.3 is 0 Å². The molecule has 1 saturated heterocycles. The van der Waals surface area contributed by atoms with Crippen LogP contribution >= 0.6 is 0 Å². The number of ketones is 1. The van der Waals surface area contributed by atoms with Gasteiger partial charge in [0.15, 0.2) is 5.78 Å². The Kier molecular flexibility index (Phi) is 6.41. The van der Waals surface area contributed by atoms with E-state index in [1.807, 2.05) is 36.4 Å². The zero-order valence-electron chi connectivity index (χ0n) is 20.8. The summed E-state index contributed by atoms with van der Waals surface area (Å²) in [5.74, 6) is -0.143. The van der Waals surface area contributed by atoms with Crippen LogP contribution in [0.2, 0.25) is 0 Å². The molecule has 3 aliphatic rings. The Labute approximate surface area is 217 Å². The predicted molar refractivity (Wildman–Crippen MR) is 144 cm³/mol. The molecule has 6 nitrogen and oxygen atoms in total. The quantitative estimate of drug-likeness (QED) is 0.522. The Balaban J connectivity index is 1.14. The van der Waals surface area contributed by atoms with Gasteiger partial charge in [-0.25, -0.2) is 0 Å². The van der Waals surface area contributed by atoms with E-state index in [4.69, 9.17) is 0 Å². The number of fused-ring (bicyclic) bond motifs is 1. The van der Waals surface area contributed by atoms with Gasteiger partial charge in [-0.05, 0) is 66.3 Å². The second-order valence-corrected chi connectivity index (χ2v) is 10.1. The summed E-state index contributed by atoms with van der Waals surface area (Å²) in [7, 11) is 0. The minimum absolute atomic E-state index is 0.0880. The number of aromatic nitrogens is 2. The van der Waals surface area contributed by atoms with Crippen LogP contribution < -0.4 is 5.32 Å². The van der Waals surface area contributed by atoms with Crippen LogP contribution in [-0.4, -0.2) is 39.5 Å². The molecule has 0 radical (unpaired) electrons. The van der Waals surface area contributed by atoms with E-state index < -0.39 is 0 Å². The third-order valence-corrected chi connectivity index (χ3v) is 7.32. The molecular formula is C31H30N4O2. The molecule has 37 heavy (non-hydrogen) atoms. The summed E-state index contributed by atoms with van der Waals surface area (Å²) in [5.41, 5.74) is 7.74. The molecule has 3 aromatic rings. The van der Waals surface area contributed by atoms with Crippen molar-refractivity contribution < 1.29 is 9.59 Å². The van der Waals surface area contributed by atoms with Gasteiger partial charge in [0, 0.05) is 30.4 Å². The first-order valence-electron chi connectivity index (χ1n) is 13.0. The summed E-state index contributed by atoms with van der Waals surface area (Å²) >= 11 is 0. The minimum atomic E-state index is -0.231. The maximum Gasteiger partial charge on any atom is 0.258 e. The van der Waals surface area contributed by atoms with Gasteiger partial charge in [0.05, 0.1) is 18.3 Å². The number of carbonyl (C=O) groups is 2. The molecule has 6 rings (SSSR count). The molecule has 1 aliphatic heterocycles. The fraction of sp³-hybridized carbons (Fsp3) is 0.258. The Bertz CT molecular complexity index is 1440. The van der Waals surface area contributed by atoms with Crippen LogP contribution in [0, 0.1) is 0 Å². The standard InChI is InChI=1S/C31H30N4O2/c36-30-11-10-28(33-31(37)27-18-32-35(21-27)20-22-6-2-1-3-7-22)17-29(30)26-15-24-9-8-23(14-25(24)16-26)19-34-12-4-5-13-34/h1-3,6-10,14,16-18,21H,4-5,11-13,15,19-20H2,(H,33,37). The number of benzene rings is 2. The zero-order chi connectivity index (χ0) is 25.2. The maximum atomic E-state index is 12.9. The fourth-order valence-corrected chi connectivity index (χ4v) is 5.36. The number of likely N-dealkylation sites (tertiary alicyclic amines) is 1. The fourth-order valence-electron chi connectivity index (χ4n) is 5.36. The molecule has 2 heterocycles. The van der Waals surface area contributed by atoms with Crippen LogP contribution in [0.15, 0.2) is 89.9 Å². The van der Waals surface area contributed by atoms with E-state index in [0.717, 1.165) is 24.1 Å². The first-order valence-corrected chi connectivity index (χ1v) is 13.0. The van der Waals surface area contributed by atoms with Gasteiger partial charge in [0.1, 0.15) is 0 Å². The molecule has 1 aromatic heterocycles. The lowest BCUT2D eigenvalue weighted by Gasteiger charge is -2.15. The molecule has 0 bridgehead atoms. The van der Waals surface area contributed by atoms with Crippen molar-refractivity contribution in [2.45, 2.75) is 38.8 Å². The number of nitrogens with one attached hydrogen (secondary N) is 1. The molecule has 1 fully saturated rings. The van der Waals surface area contributed by atoms with Gasteiger partial charge in [-0.15, -0.1) is 0 Å². The van der Waals surface area contributed by atoms with E-state index >= 15 is 0 Å². The van der Waals surface area contributed by atoms with Crippen molar-refractivity contribution in [2.24, 2.45) is 0 Å². The third-order valence-electron chi connectivity index (χ3n) is 7.32. The van der Waals surface area contributed by atoms with Gasteiger partial charge < -0.3 is 5.32 Å². The number of hydrogen-bond donors (Lipinski definition) is 1. The largest absolute Gasteiger partial charge is 0.322 e. The van der Waals surface area contributed by atoms with E-state index in [2.05, 4.69) is 39.6 Å². The van der Waals surface area contributed by atoms with Gasteiger partial charge in [0.2, 0.25) is 0 Å². The van der Waals surface area contributed by atoms with E-state index in [1.165, 1.54) is 42.6 Å². The Morgan fingerprint density at radius 3 is 2.65 bits per heavy atom. The molecule has 2 aliphatic carbocycles. The average Bonchev–Trinajstić information content (AvgIpc) is 3.67. The van der Waals surface area contributed by atoms with E-state index in [1.54, 1.807) is 23.2 Å². The van der Waals surface area contributed by atoms with Crippen molar-refractivity contribution in [2.75, 3.05) is 13.1 Å². The molecular weight excluding hydrogens is 460 g/mol. The first kappa shape index (κ1) is 23.4. The van der Waals surface area contributed by atoms with Gasteiger partial charge in [-0.1, -0.05) is 60.7 Å². The van der Waals surface area contributed by atoms with Crippen molar-refractivity contribution in [3.63, 3.8) is 0 Å². The summed E-state index contributed by atoms with van der Waals surface area (Å²) < 4.78 is 1.75. The molecule has 1 amide bonds. The molecule has 0 atom stereocenters. The lowest BCUT2D eigenvalue weighted by molar-refractivity contribution is -0.114. The van der Waals surface area contributed by atoms with E-state index in [0.29, 0.717) is 23.4 Å². The lowest BCUT2D eigenvalue weighted by Crippen LogP contribution is -2.24. The van der Waals surface area contributed by atoms with Crippen LogP contribution in [0.3, 0.4) is 0 Å². The third kappa shape index (κ3) is 5.25.